The molecule has 0 N–H and O–H groups in total. The molecule has 0 spiro atoms. The van der Waals surface area contributed by atoms with Gasteiger partial charge in [-0.1, -0.05) is 19.0 Å². The van der Waals surface area contributed by atoms with E-state index in [4.69, 9.17) is 4.52 Å². The van der Waals surface area contributed by atoms with Crippen molar-refractivity contribution in [2.75, 3.05) is 13.1 Å². The summed E-state index contributed by atoms with van der Waals surface area (Å²) < 4.78 is 33.0. The smallest absolute Gasteiger partial charge is 0.251 e. The van der Waals surface area contributed by atoms with E-state index in [2.05, 4.69) is 10.1 Å². The van der Waals surface area contributed by atoms with Gasteiger partial charge in [-0.2, -0.15) is 20.6 Å². The summed E-state index contributed by atoms with van der Waals surface area (Å²) in [7, 11) is -3.65. The van der Waals surface area contributed by atoms with Crippen LogP contribution in [0, 0.1) is 0 Å². The average molecular weight is 394 g/mol. The Labute approximate surface area is 154 Å². The fourth-order valence-electron chi connectivity index (χ4n) is 2.47. The van der Waals surface area contributed by atoms with E-state index in [1.807, 2.05) is 16.8 Å². The molecule has 138 valence electrons. The topological polar surface area (TPSA) is 98.3 Å². The van der Waals surface area contributed by atoms with Gasteiger partial charge < -0.3 is 9.09 Å². The third kappa shape index (κ3) is 3.62. The van der Waals surface area contributed by atoms with Crippen molar-refractivity contribution in [1.29, 1.82) is 0 Å². The van der Waals surface area contributed by atoms with E-state index < -0.39 is 10.0 Å². The molecule has 3 aromatic rings. The zero-order valence-electron chi connectivity index (χ0n) is 14.3. The maximum Gasteiger partial charge on any atom is 0.251 e. The van der Waals surface area contributed by atoms with E-state index in [9.17, 15) is 13.2 Å². The lowest BCUT2D eigenvalue weighted by molar-refractivity contribution is 0.369. The molecule has 0 amide bonds. The van der Waals surface area contributed by atoms with E-state index in [0.717, 1.165) is 5.56 Å². The summed E-state index contributed by atoms with van der Waals surface area (Å²) in [5.74, 6) is 0.659. The Morgan fingerprint density at radius 1 is 1.23 bits per heavy atom. The molecule has 0 aliphatic rings. The van der Waals surface area contributed by atoms with Gasteiger partial charge in [-0.05, 0) is 17.5 Å². The second-order valence-corrected chi connectivity index (χ2v) is 8.16. The van der Waals surface area contributed by atoms with Crippen LogP contribution >= 0.6 is 11.3 Å². The van der Waals surface area contributed by atoms with Gasteiger partial charge in [0.2, 0.25) is 21.7 Å². The predicted molar refractivity (Wildman–Crippen MR) is 97.5 cm³/mol. The molecule has 0 aliphatic heterocycles. The van der Waals surface area contributed by atoms with Gasteiger partial charge in [0.15, 0.2) is 0 Å². The van der Waals surface area contributed by atoms with Gasteiger partial charge in [-0.25, -0.2) is 8.42 Å². The van der Waals surface area contributed by atoms with E-state index in [1.165, 1.54) is 38.5 Å². The Bertz CT molecular complexity index is 1030. The summed E-state index contributed by atoms with van der Waals surface area (Å²) in [5, 5.41) is 7.68. The van der Waals surface area contributed by atoms with Crippen molar-refractivity contribution >= 4 is 21.4 Å². The fourth-order valence-corrected chi connectivity index (χ4v) is 4.58. The highest BCUT2D eigenvalue weighted by molar-refractivity contribution is 7.89. The number of sulfonamides is 1. The zero-order valence-corrected chi connectivity index (χ0v) is 16.0. The summed E-state index contributed by atoms with van der Waals surface area (Å²) in [6.07, 6.45) is 1.31. The van der Waals surface area contributed by atoms with Crippen molar-refractivity contribution in [3.05, 3.63) is 51.4 Å². The molecule has 3 heterocycles. The van der Waals surface area contributed by atoms with Crippen molar-refractivity contribution in [2.45, 2.75) is 25.3 Å². The Balaban J connectivity index is 1.91. The zero-order chi connectivity index (χ0) is 18.7. The molecule has 0 aliphatic carbocycles. The summed E-state index contributed by atoms with van der Waals surface area (Å²) in [6, 6.07) is 4.41. The SMILES string of the molecule is CCN(CC)S(=O)(=O)c1ccc(=O)n(Cc2nc(-c3ccsc3)no2)c1. The van der Waals surface area contributed by atoms with Crippen LogP contribution in [0.15, 0.2) is 49.4 Å². The third-order valence-electron chi connectivity index (χ3n) is 3.85. The molecule has 0 unspecified atom stereocenters. The highest BCUT2D eigenvalue weighted by atomic mass is 32.2. The standard InChI is InChI=1S/C16H18N4O4S2/c1-3-20(4-2)26(22,23)13-5-6-15(21)19(9-13)10-14-17-16(18-24-14)12-7-8-25-11-12/h5-9,11H,3-4,10H2,1-2H3. The molecule has 0 fully saturated rings. The summed E-state index contributed by atoms with van der Waals surface area (Å²) in [6.45, 7) is 4.23. The molecule has 0 saturated carbocycles. The van der Waals surface area contributed by atoms with Gasteiger partial charge in [0.05, 0.1) is 4.90 Å². The monoisotopic (exact) mass is 394 g/mol. The molecule has 0 radical (unpaired) electrons. The average Bonchev–Trinajstić information content (AvgIpc) is 3.29. The van der Waals surface area contributed by atoms with Crippen molar-refractivity contribution in [3.63, 3.8) is 0 Å². The second-order valence-electron chi connectivity index (χ2n) is 5.44. The maximum absolute atomic E-state index is 12.6. The summed E-state index contributed by atoms with van der Waals surface area (Å²) in [5.41, 5.74) is 0.481. The highest BCUT2D eigenvalue weighted by Gasteiger charge is 2.22. The minimum absolute atomic E-state index is 0.00240. The number of pyridine rings is 1. The summed E-state index contributed by atoms with van der Waals surface area (Å²) in [4.78, 5) is 16.4. The lowest BCUT2D eigenvalue weighted by Crippen LogP contribution is -2.32. The molecule has 3 aromatic heterocycles. The van der Waals surface area contributed by atoms with Gasteiger partial charge in [-0.3, -0.25) is 4.79 Å². The lowest BCUT2D eigenvalue weighted by atomic mass is 10.3. The fraction of sp³-hybridized carbons (Fsp3) is 0.312. The Hall–Kier alpha value is -2.30. The number of hydrogen-bond acceptors (Lipinski definition) is 7. The van der Waals surface area contributed by atoms with Crippen LogP contribution in [0.25, 0.3) is 11.4 Å². The molecule has 0 saturated heterocycles. The quantitative estimate of drug-likeness (QED) is 0.608. The lowest BCUT2D eigenvalue weighted by Gasteiger charge is -2.18. The van der Waals surface area contributed by atoms with E-state index >= 15 is 0 Å². The minimum atomic E-state index is -3.65. The van der Waals surface area contributed by atoms with Crippen LogP contribution < -0.4 is 5.56 Å². The van der Waals surface area contributed by atoms with Crippen LogP contribution in [0.3, 0.4) is 0 Å². The second kappa shape index (κ2) is 7.52. The van der Waals surface area contributed by atoms with Gasteiger partial charge in [0.1, 0.15) is 6.54 Å². The highest BCUT2D eigenvalue weighted by Crippen LogP contribution is 2.19. The van der Waals surface area contributed by atoms with E-state index in [-0.39, 0.29) is 22.9 Å². The third-order valence-corrected chi connectivity index (χ3v) is 6.57. The van der Waals surface area contributed by atoms with Gasteiger partial charge in [-0.15, -0.1) is 0 Å². The van der Waals surface area contributed by atoms with Crippen molar-refractivity contribution in [3.8, 4) is 11.4 Å². The van der Waals surface area contributed by atoms with Crippen molar-refractivity contribution in [2.24, 2.45) is 0 Å². The number of thiophene rings is 1. The Kier molecular flexibility index (Phi) is 5.35. The predicted octanol–water partition coefficient (Wildman–Crippen LogP) is 2.04. The molecular weight excluding hydrogens is 376 g/mol. The van der Waals surface area contributed by atoms with Crippen LogP contribution in [0.1, 0.15) is 19.7 Å². The largest absolute Gasteiger partial charge is 0.337 e. The van der Waals surface area contributed by atoms with E-state index in [0.29, 0.717) is 18.9 Å². The number of nitrogens with zero attached hydrogens (tertiary/aromatic N) is 4. The van der Waals surface area contributed by atoms with Crippen molar-refractivity contribution in [1.82, 2.24) is 19.0 Å². The minimum Gasteiger partial charge on any atom is -0.337 e. The van der Waals surface area contributed by atoms with Gasteiger partial charge in [0, 0.05) is 36.3 Å². The molecular formula is C16H18N4O4S2. The first-order valence-electron chi connectivity index (χ1n) is 8.01. The van der Waals surface area contributed by atoms with Crippen LogP contribution in [0.2, 0.25) is 0 Å². The molecule has 10 heteroatoms. The van der Waals surface area contributed by atoms with Crippen LogP contribution in [-0.4, -0.2) is 40.5 Å². The molecule has 8 nitrogen and oxygen atoms in total. The van der Waals surface area contributed by atoms with Crippen LogP contribution in [0.4, 0.5) is 0 Å². The first-order chi connectivity index (χ1) is 12.5. The maximum atomic E-state index is 12.6. The van der Waals surface area contributed by atoms with Crippen molar-refractivity contribution < 1.29 is 12.9 Å². The number of hydrogen-bond donors (Lipinski definition) is 0. The molecule has 0 bridgehead atoms. The van der Waals surface area contributed by atoms with Gasteiger partial charge in [0.25, 0.3) is 5.56 Å². The molecule has 3 rings (SSSR count). The number of rotatable bonds is 7. The Morgan fingerprint density at radius 2 is 2.00 bits per heavy atom. The molecule has 0 atom stereocenters. The van der Waals surface area contributed by atoms with Gasteiger partial charge >= 0.3 is 0 Å². The number of aromatic nitrogens is 3. The summed E-state index contributed by atoms with van der Waals surface area (Å²) >= 11 is 1.51. The van der Waals surface area contributed by atoms with E-state index in [1.54, 1.807) is 13.8 Å². The first kappa shape index (κ1) is 18.5. The molecule has 26 heavy (non-hydrogen) atoms. The Morgan fingerprint density at radius 3 is 2.65 bits per heavy atom. The molecule has 0 aromatic carbocycles. The van der Waals surface area contributed by atoms with Crippen LogP contribution in [0.5, 0.6) is 0 Å². The van der Waals surface area contributed by atoms with Crippen LogP contribution in [-0.2, 0) is 16.6 Å². The first-order valence-corrected chi connectivity index (χ1v) is 10.4. The normalized spacial score (nSPS) is 12.0.